The van der Waals surface area contributed by atoms with E-state index in [2.05, 4.69) is 15.6 Å². The zero-order valence-corrected chi connectivity index (χ0v) is 14.6. The summed E-state index contributed by atoms with van der Waals surface area (Å²) >= 11 is 0. The van der Waals surface area contributed by atoms with Crippen molar-refractivity contribution in [2.24, 2.45) is 0 Å². The molecular formula is C20H20F3N3O. The van der Waals surface area contributed by atoms with E-state index in [1.54, 1.807) is 12.1 Å². The zero-order chi connectivity index (χ0) is 19.3. The highest BCUT2D eigenvalue weighted by Crippen LogP contribution is 2.31. The number of para-hydroxylation sites is 1. The third kappa shape index (κ3) is 4.89. The normalized spacial score (nSPS) is 11.7. The van der Waals surface area contributed by atoms with Gasteiger partial charge >= 0.3 is 6.18 Å². The Bertz CT molecular complexity index is 966. The average molecular weight is 375 g/mol. The van der Waals surface area contributed by atoms with Crippen LogP contribution in [0.25, 0.3) is 10.9 Å². The van der Waals surface area contributed by atoms with Crippen LogP contribution in [0.5, 0.6) is 0 Å². The van der Waals surface area contributed by atoms with E-state index in [0.717, 1.165) is 11.6 Å². The van der Waals surface area contributed by atoms with Crippen LogP contribution >= 0.6 is 0 Å². The highest BCUT2D eigenvalue weighted by Gasteiger charge is 2.32. The maximum Gasteiger partial charge on any atom is 0.416 e. The molecule has 0 spiro atoms. The SMILES string of the molecule is O=c1cc(NCCCNCc2ccccc2C(F)(F)F)[nH]c2ccccc12. The molecule has 0 unspecified atom stereocenters. The fraction of sp³-hybridized carbons (Fsp3) is 0.250. The van der Waals surface area contributed by atoms with Gasteiger partial charge in [0.15, 0.2) is 5.43 Å². The molecular weight excluding hydrogens is 355 g/mol. The molecule has 142 valence electrons. The van der Waals surface area contributed by atoms with Gasteiger partial charge in [0.25, 0.3) is 0 Å². The maximum absolute atomic E-state index is 12.9. The van der Waals surface area contributed by atoms with Gasteiger partial charge in [0.1, 0.15) is 5.82 Å². The number of halogens is 3. The van der Waals surface area contributed by atoms with E-state index in [0.29, 0.717) is 30.7 Å². The van der Waals surface area contributed by atoms with Gasteiger partial charge in [0.05, 0.1) is 11.1 Å². The number of pyridine rings is 1. The van der Waals surface area contributed by atoms with Crippen LogP contribution in [0, 0.1) is 0 Å². The van der Waals surface area contributed by atoms with Gasteiger partial charge in [-0.1, -0.05) is 30.3 Å². The van der Waals surface area contributed by atoms with Crippen molar-refractivity contribution in [2.75, 3.05) is 18.4 Å². The summed E-state index contributed by atoms with van der Waals surface area (Å²) in [6.07, 6.45) is -3.65. The highest BCUT2D eigenvalue weighted by molar-refractivity contribution is 5.79. The van der Waals surface area contributed by atoms with Crippen LogP contribution in [-0.2, 0) is 12.7 Å². The number of nitrogens with one attached hydrogen (secondary N) is 3. The van der Waals surface area contributed by atoms with Crippen molar-refractivity contribution in [3.63, 3.8) is 0 Å². The fourth-order valence-electron chi connectivity index (χ4n) is 2.90. The number of aromatic amines is 1. The molecule has 0 atom stereocenters. The van der Waals surface area contributed by atoms with Crippen molar-refractivity contribution in [1.82, 2.24) is 10.3 Å². The lowest BCUT2D eigenvalue weighted by Gasteiger charge is -2.13. The van der Waals surface area contributed by atoms with Gasteiger partial charge in [-0.2, -0.15) is 13.2 Å². The van der Waals surface area contributed by atoms with Crippen molar-refractivity contribution in [3.05, 3.63) is 75.9 Å². The summed E-state index contributed by atoms with van der Waals surface area (Å²) in [5, 5.41) is 6.80. The second-order valence-corrected chi connectivity index (χ2v) is 6.20. The van der Waals surface area contributed by atoms with Gasteiger partial charge in [0, 0.05) is 24.5 Å². The molecule has 0 saturated heterocycles. The lowest BCUT2D eigenvalue weighted by molar-refractivity contribution is -0.138. The summed E-state index contributed by atoms with van der Waals surface area (Å²) in [6.45, 7) is 1.29. The number of aromatic nitrogens is 1. The quantitative estimate of drug-likeness (QED) is 0.544. The van der Waals surface area contributed by atoms with Crippen LogP contribution in [-0.4, -0.2) is 18.1 Å². The Morgan fingerprint density at radius 1 is 0.963 bits per heavy atom. The first-order chi connectivity index (χ1) is 12.9. The number of benzene rings is 2. The second-order valence-electron chi connectivity index (χ2n) is 6.20. The molecule has 0 saturated carbocycles. The summed E-state index contributed by atoms with van der Waals surface area (Å²) in [5.41, 5.74) is 0.323. The number of fused-ring (bicyclic) bond motifs is 1. The van der Waals surface area contributed by atoms with E-state index in [4.69, 9.17) is 0 Å². The van der Waals surface area contributed by atoms with E-state index in [-0.39, 0.29) is 17.5 Å². The molecule has 0 fully saturated rings. The summed E-state index contributed by atoms with van der Waals surface area (Å²) in [6, 6.07) is 14.3. The fourth-order valence-corrected chi connectivity index (χ4v) is 2.90. The molecule has 7 heteroatoms. The van der Waals surface area contributed by atoms with E-state index in [1.165, 1.54) is 18.2 Å². The van der Waals surface area contributed by atoms with Crippen LogP contribution in [0.3, 0.4) is 0 Å². The second kappa shape index (κ2) is 8.26. The largest absolute Gasteiger partial charge is 0.416 e. The predicted molar refractivity (Wildman–Crippen MR) is 101 cm³/mol. The van der Waals surface area contributed by atoms with Gasteiger partial charge in [-0.25, -0.2) is 0 Å². The smallest absolute Gasteiger partial charge is 0.371 e. The topological polar surface area (TPSA) is 56.9 Å². The number of H-pyrrole nitrogens is 1. The van der Waals surface area contributed by atoms with Crippen LogP contribution < -0.4 is 16.1 Å². The summed E-state index contributed by atoms with van der Waals surface area (Å²) in [4.78, 5) is 15.2. The van der Waals surface area contributed by atoms with Gasteiger partial charge in [-0.3, -0.25) is 4.79 Å². The molecule has 1 aromatic heterocycles. The molecule has 27 heavy (non-hydrogen) atoms. The van der Waals surface area contributed by atoms with Crippen LogP contribution in [0.2, 0.25) is 0 Å². The number of anilines is 1. The van der Waals surface area contributed by atoms with Gasteiger partial charge < -0.3 is 15.6 Å². The minimum absolute atomic E-state index is 0.0614. The van der Waals surface area contributed by atoms with Crippen molar-refractivity contribution < 1.29 is 13.2 Å². The van der Waals surface area contributed by atoms with Gasteiger partial charge in [-0.15, -0.1) is 0 Å². The summed E-state index contributed by atoms with van der Waals surface area (Å²) < 4.78 is 38.8. The molecule has 0 aliphatic carbocycles. The molecule has 1 heterocycles. The predicted octanol–water partition coefficient (Wildman–Crippen LogP) is 4.14. The number of hydrogen-bond acceptors (Lipinski definition) is 3. The minimum Gasteiger partial charge on any atom is -0.371 e. The molecule has 3 aromatic rings. The van der Waals surface area contributed by atoms with E-state index in [9.17, 15) is 18.0 Å². The Kier molecular flexibility index (Phi) is 5.81. The highest BCUT2D eigenvalue weighted by atomic mass is 19.4. The van der Waals surface area contributed by atoms with Gasteiger partial charge in [0.2, 0.25) is 0 Å². The van der Waals surface area contributed by atoms with Crippen LogP contribution in [0.4, 0.5) is 19.0 Å². The third-order valence-electron chi connectivity index (χ3n) is 4.22. The Labute approximate surface area is 154 Å². The van der Waals surface area contributed by atoms with Crippen LogP contribution in [0.1, 0.15) is 17.5 Å². The molecule has 3 N–H and O–H groups in total. The van der Waals surface area contributed by atoms with Crippen molar-refractivity contribution in [2.45, 2.75) is 19.1 Å². The number of alkyl halides is 3. The zero-order valence-electron chi connectivity index (χ0n) is 14.6. The molecule has 0 amide bonds. The van der Waals surface area contributed by atoms with E-state index in [1.807, 2.05) is 18.2 Å². The van der Waals surface area contributed by atoms with E-state index >= 15 is 0 Å². The molecule has 0 bridgehead atoms. The van der Waals surface area contributed by atoms with Crippen molar-refractivity contribution in [1.29, 1.82) is 0 Å². The third-order valence-corrected chi connectivity index (χ3v) is 4.22. The molecule has 3 rings (SSSR count). The van der Waals surface area contributed by atoms with Crippen molar-refractivity contribution in [3.8, 4) is 0 Å². The minimum atomic E-state index is -4.35. The standard InChI is InChI=1S/C20H20F3N3O/c21-20(22,23)16-8-3-1-6-14(16)13-24-10-5-11-25-19-12-18(27)15-7-2-4-9-17(15)26-19/h1-4,6-9,12,24H,5,10-11,13H2,(H2,25,26,27). The summed E-state index contributed by atoms with van der Waals surface area (Å²) in [7, 11) is 0. The first-order valence-electron chi connectivity index (χ1n) is 8.67. The first-order valence-corrected chi connectivity index (χ1v) is 8.67. The Balaban J connectivity index is 1.47. The van der Waals surface area contributed by atoms with Crippen molar-refractivity contribution >= 4 is 16.7 Å². The van der Waals surface area contributed by atoms with Crippen LogP contribution in [0.15, 0.2) is 59.4 Å². The maximum atomic E-state index is 12.9. The number of rotatable bonds is 7. The Hall–Kier alpha value is -2.80. The average Bonchev–Trinajstić information content (AvgIpc) is 2.64. The molecule has 4 nitrogen and oxygen atoms in total. The Morgan fingerprint density at radius 2 is 1.70 bits per heavy atom. The molecule has 2 aromatic carbocycles. The Morgan fingerprint density at radius 3 is 2.52 bits per heavy atom. The lowest BCUT2D eigenvalue weighted by Crippen LogP contribution is -2.20. The lowest BCUT2D eigenvalue weighted by atomic mass is 10.1. The first kappa shape index (κ1) is 19.0. The van der Waals surface area contributed by atoms with E-state index < -0.39 is 11.7 Å². The van der Waals surface area contributed by atoms with Gasteiger partial charge in [-0.05, 0) is 36.7 Å². The molecule has 0 aliphatic heterocycles. The molecule has 0 aliphatic rings. The monoisotopic (exact) mass is 375 g/mol. The molecule has 0 radical (unpaired) electrons. The summed E-state index contributed by atoms with van der Waals surface area (Å²) in [5.74, 6) is 0.626. The number of hydrogen-bond donors (Lipinski definition) is 3.